The molecule has 0 saturated heterocycles. The van der Waals surface area contributed by atoms with Gasteiger partial charge in [0.25, 0.3) is 5.69 Å². The molecule has 0 saturated carbocycles. The first kappa shape index (κ1) is 16.5. The predicted octanol–water partition coefficient (Wildman–Crippen LogP) is 3.74. The smallest absolute Gasteiger partial charge is 0.269 e. The second kappa shape index (κ2) is 7.38. The van der Waals surface area contributed by atoms with Crippen LogP contribution in [-0.4, -0.2) is 15.4 Å². The van der Waals surface area contributed by atoms with Crippen LogP contribution in [0.2, 0.25) is 5.02 Å². The van der Waals surface area contributed by atoms with E-state index < -0.39 is 15.7 Å². The fourth-order valence-electron chi connectivity index (χ4n) is 2.01. The number of nitrogens with zero attached hydrogens (tertiary/aromatic N) is 1. The Bertz CT molecular complexity index is 722. The number of nitro groups is 1. The summed E-state index contributed by atoms with van der Waals surface area (Å²) in [6.07, 6.45) is 1.64. The summed E-state index contributed by atoms with van der Waals surface area (Å²) in [6.45, 7) is 0.417. The van der Waals surface area contributed by atoms with E-state index in [0.717, 1.165) is 16.8 Å². The first-order chi connectivity index (χ1) is 10.5. The van der Waals surface area contributed by atoms with E-state index in [9.17, 15) is 14.3 Å². The van der Waals surface area contributed by atoms with Crippen LogP contribution in [0.15, 0.2) is 42.5 Å². The van der Waals surface area contributed by atoms with E-state index >= 15 is 0 Å². The third-order valence-electron chi connectivity index (χ3n) is 3.01. The molecule has 0 fully saturated rings. The van der Waals surface area contributed by atoms with E-state index in [2.05, 4.69) is 5.32 Å². The summed E-state index contributed by atoms with van der Waals surface area (Å²) in [6, 6.07) is 11.9. The minimum Gasteiger partial charge on any atom is -0.380 e. The molecule has 2 aromatic carbocycles. The minimum atomic E-state index is -0.926. The molecule has 1 atom stereocenters. The molecule has 0 aliphatic carbocycles. The summed E-state index contributed by atoms with van der Waals surface area (Å²) in [5, 5.41) is 14.5. The molecule has 7 heteroatoms. The lowest BCUT2D eigenvalue weighted by Gasteiger charge is -2.10. The molecule has 0 amide bonds. The van der Waals surface area contributed by atoms with Gasteiger partial charge < -0.3 is 5.32 Å². The first-order valence-electron chi connectivity index (χ1n) is 6.51. The fourth-order valence-corrected chi connectivity index (χ4v) is 2.84. The van der Waals surface area contributed by atoms with Crippen LogP contribution in [0.5, 0.6) is 0 Å². The zero-order valence-corrected chi connectivity index (χ0v) is 13.5. The molecule has 1 N–H and O–H groups in total. The summed E-state index contributed by atoms with van der Waals surface area (Å²) < 4.78 is 11.3. The lowest BCUT2D eigenvalue weighted by molar-refractivity contribution is -0.384. The Kier molecular flexibility index (Phi) is 5.51. The van der Waals surface area contributed by atoms with Gasteiger partial charge >= 0.3 is 0 Å². The number of hydrogen-bond donors (Lipinski definition) is 1. The maximum Gasteiger partial charge on any atom is 0.269 e. The number of nitrogens with one attached hydrogen (secondary N) is 1. The fraction of sp³-hybridized carbons (Fsp3) is 0.200. The molecule has 0 aliphatic rings. The van der Waals surface area contributed by atoms with Crippen LogP contribution in [-0.2, 0) is 23.1 Å². The zero-order chi connectivity index (χ0) is 16.1. The van der Waals surface area contributed by atoms with Crippen molar-refractivity contribution in [3.05, 3.63) is 68.7 Å². The van der Waals surface area contributed by atoms with Gasteiger partial charge in [0.05, 0.1) is 15.6 Å². The predicted molar refractivity (Wildman–Crippen MR) is 89.6 cm³/mol. The molecule has 0 radical (unpaired) electrons. The Morgan fingerprint density at radius 2 is 2.00 bits per heavy atom. The number of hydrogen-bond acceptors (Lipinski definition) is 4. The van der Waals surface area contributed by atoms with Crippen LogP contribution in [0, 0.1) is 10.1 Å². The molecule has 0 aliphatic heterocycles. The Balaban J connectivity index is 2.12. The molecule has 22 heavy (non-hydrogen) atoms. The number of rotatable bonds is 6. The Morgan fingerprint density at radius 3 is 2.68 bits per heavy atom. The van der Waals surface area contributed by atoms with Crippen molar-refractivity contribution in [3.8, 4) is 0 Å². The Labute approximate surface area is 135 Å². The van der Waals surface area contributed by atoms with E-state index in [-0.39, 0.29) is 5.69 Å². The van der Waals surface area contributed by atoms with Crippen molar-refractivity contribution in [2.45, 2.75) is 12.3 Å². The molecule has 2 aromatic rings. The molecule has 2 rings (SSSR count). The van der Waals surface area contributed by atoms with Crippen LogP contribution < -0.4 is 5.32 Å². The maximum absolute atomic E-state index is 11.3. The third kappa shape index (κ3) is 4.54. The van der Waals surface area contributed by atoms with E-state index in [1.807, 2.05) is 12.1 Å². The van der Waals surface area contributed by atoms with Gasteiger partial charge in [-0.1, -0.05) is 29.8 Å². The standard InChI is InChI=1S/C15H15ClN2O3S/c1-22(21)10-12-5-6-14(16)15(8-12)17-9-11-3-2-4-13(7-11)18(19)20/h2-8,17H,9-10H2,1H3/t22-/m1/s1. The van der Waals surface area contributed by atoms with Gasteiger partial charge in [0.15, 0.2) is 0 Å². The maximum atomic E-state index is 11.3. The van der Waals surface area contributed by atoms with E-state index in [4.69, 9.17) is 11.6 Å². The van der Waals surface area contributed by atoms with Gasteiger partial charge in [-0.25, -0.2) is 0 Å². The normalized spacial score (nSPS) is 11.9. The summed E-state index contributed by atoms with van der Waals surface area (Å²) in [4.78, 5) is 10.3. The summed E-state index contributed by atoms with van der Waals surface area (Å²) in [5.74, 6) is 0.461. The van der Waals surface area contributed by atoms with Gasteiger partial charge in [-0.3, -0.25) is 14.3 Å². The molecule has 0 aromatic heterocycles. The quantitative estimate of drug-likeness (QED) is 0.643. The highest BCUT2D eigenvalue weighted by Crippen LogP contribution is 2.24. The molecule has 0 bridgehead atoms. The SMILES string of the molecule is C[S@@](=O)Cc1ccc(Cl)c(NCc2cccc([N+](=O)[O-])c2)c1. The van der Waals surface area contributed by atoms with E-state index in [1.165, 1.54) is 12.1 Å². The van der Waals surface area contributed by atoms with Crippen molar-refractivity contribution in [3.63, 3.8) is 0 Å². The lowest BCUT2D eigenvalue weighted by atomic mass is 10.2. The van der Waals surface area contributed by atoms with Crippen LogP contribution in [0.3, 0.4) is 0 Å². The van der Waals surface area contributed by atoms with Crippen molar-refractivity contribution < 1.29 is 9.13 Å². The molecule has 0 heterocycles. The van der Waals surface area contributed by atoms with Gasteiger partial charge in [0.2, 0.25) is 0 Å². The lowest BCUT2D eigenvalue weighted by Crippen LogP contribution is -2.02. The average molecular weight is 339 g/mol. The molecule has 116 valence electrons. The van der Waals surface area contributed by atoms with Crippen LogP contribution in [0.4, 0.5) is 11.4 Å². The molecular formula is C15H15ClN2O3S. The highest BCUT2D eigenvalue weighted by Gasteiger charge is 2.07. The third-order valence-corrected chi connectivity index (χ3v) is 4.07. The van der Waals surface area contributed by atoms with Gasteiger partial charge in [-0.05, 0) is 23.3 Å². The molecular weight excluding hydrogens is 324 g/mol. The average Bonchev–Trinajstić information content (AvgIpc) is 2.47. The number of non-ortho nitro benzene ring substituents is 1. The van der Waals surface area contributed by atoms with Gasteiger partial charge in [-0.2, -0.15) is 0 Å². The minimum absolute atomic E-state index is 0.0560. The molecule has 0 unspecified atom stereocenters. The summed E-state index contributed by atoms with van der Waals surface area (Å²) >= 11 is 6.13. The number of nitro benzene ring substituents is 1. The number of halogens is 1. The van der Waals surface area contributed by atoms with Crippen molar-refractivity contribution >= 4 is 33.8 Å². The van der Waals surface area contributed by atoms with Crippen molar-refractivity contribution in [1.29, 1.82) is 0 Å². The van der Waals surface area contributed by atoms with Crippen LogP contribution in [0.25, 0.3) is 0 Å². The molecule has 5 nitrogen and oxygen atoms in total. The van der Waals surface area contributed by atoms with Crippen molar-refractivity contribution in [1.82, 2.24) is 0 Å². The second-order valence-electron chi connectivity index (χ2n) is 4.81. The van der Waals surface area contributed by atoms with Crippen molar-refractivity contribution in [2.24, 2.45) is 0 Å². The first-order valence-corrected chi connectivity index (χ1v) is 8.62. The zero-order valence-electron chi connectivity index (χ0n) is 11.9. The monoisotopic (exact) mass is 338 g/mol. The molecule has 0 spiro atoms. The summed E-state index contributed by atoms with van der Waals surface area (Å²) in [7, 11) is -0.926. The topological polar surface area (TPSA) is 72.2 Å². The van der Waals surface area contributed by atoms with Gasteiger partial charge in [0.1, 0.15) is 0 Å². The Morgan fingerprint density at radius 1 is 1.23 bits per heavy atom. The number of anilines is 1. The van der Waals surface area contributed by atoms with Gasteiger partial charge in [0, 0.05) is 41.5 Å². The second-order valence-corrected chi connectivity index (χ2v) is 6.65. The van der Waals surface area contributed by atoms with E-state index in [1.54, 1.807) is 24.5 Å². The van der Waals surface area contributed by atoms with Crippen LogP contribution >= 0.6 is 11.6 Å². The van der Waals surface area contributed by atoms with E-state index in [0.29, 0.717) is 17.3 Å². The highest BCUT2D eigenvalue weighted by molar-refractivity contribution is 7.83. The summed E-state index contributed by atoms with van der Waals surface area (Å²) in [5.41, 5.74) is 2.48. The largest absolute Gasteiger partial charge is 0.380 e. The Hall–Kier alpha value is -1.92. The number of benzene rings is 2. The van der Waals surface area contributed by atoms with Crippen LogP contribution in [0.1, 0.15) is 11.1 Å². The van der Waals surface area contributed by atoms with Crippen molar-refractivity contribution in [2.75, 3.05) is 11.6 Å². The highest BCUT2D eigenvalue weighted by atomic mass is 35.5. The van der Waals surface area contributed by atoms with Gasteiger partial charge in [-0.15, -0.1) is 0 Å².